The lowest BCUT2D eigenvalue weighted by Gasteiger charge is -2.14. The highest BCUT2D eigenvalue weighted by molar-refractivity contribution is 6.23. The molecule has 1 N–H and O–H groups in total. The summed E-state index contributed by atoms with van der Waals surface area (Å²) in [4.78, 5) is 12.2. The van der Waals surface area contributed by atoms with Crippen LogP contribution in [0.1, 0.15) is 0 Å². The van der Waals surface area contributed by atoms with E-state index in [4.69, 9.17) is 0 Å². The van der Waals surface area contributed by atoms with E-state index in [1.54, 1.807) is 17.7 Å². The van der Waals surface area contributed by atoms with Crippen molar-refractivity contribution in [1.29, 1.82) is 0 Å². The van der Waals surface area contributed by atoms with Gasteiger partial charge in [-0.2, -0.15) is 0 Å². The number of pyridine rings is 1. The maximum absolute atomic E-state index is 12.2. The van der Waals surface area contributed by atoms with Gasteiger partial charge in [0.1, 0.15) is 5.75 Å². The van der Waals surface area contributed by atoms with Crippen molar-refractivity contribution in [2.75, 3.05) is 0 Å². The quantitative estimate of drug-likeness (QED) is 0.396. The van der Waals surface area contributed by atoms with Gasteiger partial charge in [0.2, 0.25) is 0 Å². The number of phenolic OH excluding ortho intramolecular Hbond substituents is 1. The molecule has 0 radical (unpaired) electrons. The number of fused-ring (bicyclic) bond motifs is 2. The predicted octanol–water partition coefficient (Wildman–Crippen LogP) is 2.68. The zero-order chi connectivity index (χ0) is 14.7. The Bertz CT molecular complexity index is 1140. The van der Waals surface area contributed by atoms with Gasteiger partial charge in [0, 0.05) is 29.3 Å². The molecule has 1 aromatic heterocycles. The van der Waals surface area contributed by atoms with Gasteiger partial charge in [0.25, 0.3) is 5.56 Å². The number of rotatable bonds is 0. The monoisotopic (exact) mass is 275 g/mol. The van der Waals surface area contributed by atoms with Crippen molar-refractivity contribution in [2.45, 2.75) is 0 Å². The summed E-state index contributed by atoms with van der Waals surface area (Å²) in [5.41, 5.74) is 0.748. The Hall–Kier alpha value is -2.81. The minimum atomic E-state index is -0.0588. The topological polar surface area (TPSA) is 42.2 Å². The van der Waals surface area contributed by atoms with Crippen molar-refractivity contribution in [3.8, 4) is 5.75 Å². The van der Waals surface area contributed by atoms with E-state index in [0.717, 1.165) is 37.7 Å². The second-order valence-electron chi connectivity index (χ2n) is 5.34. The molecule has 0 spiro atoms. The Labute approximate surface area is 120 Å². The summed E-state index contributed by atoms with van der Waals surface area (Å²) in [6.07, 6.45) is 0. The van der Waals surface area contributed by atoms with Gasteiger partial charge in [-0.15, -0.1) is 0 Å². The lowest BCUT2D eigenvalue weighted by Crippen LogP contribution is -2.17. The first-order valence-electron chi connectivity index (χ1n) is 6.74. The van der Waals surface area contributed by atoms with Crippen LogP contribution >= 0.6 is 0 Å². The number of nitrogens with zero attached hydrogens (tertiary/aromatic N) is 1. The van der Waals surface area contributed by atoms with E-state index in [9.17, 15) is 9.90 Å². The van der Waals surface area contributed by atoms with E-state index in [1.165, 1.54) is 0 Å². The SMILES string of the molecule is C=c1ccc2c3c1c(O)c1ccccc1c3cc(=O)n2C. The van der Waals surface area contributed by atoms with Crippen LogP contribution < -0.4 is 10.8 Å². The first kappa shape index (κ1) is 12.0. The largest absolute Gasteiger partial charge is 0.507 e. The van der Waals surface area contributed by atoms with Gasteiger partial charge < -0.3 is 9.67 Å². The van der Waals surface area contributed by atoms with Crippen LogP contribution in [-0.4, -0.2) is 9.67 Å². The first-order chi connectivity index (χ1) is 10.1. The molecular weight excluding hydrogens is 262 g/mol. The highest BCUT2D eigenvalue weighted by Gasteiger charge is 2.15. The van der Waals surface area contributed by atoms with E-state index >= 15 is 0 Å². The molecule has 3 aromatic carbocycles. The van der Waals surface area contributed by atoms with Crippen LogP contribution in [0.4, 0.5) is 0 Å². The third-order valence-electron chi connectivity index (χ3n) is 4.21. The third kappa shape index (κ3) is 1.40. The van der Waals surface area contributed by atoms with E-state index < -0.39 is 0 Å². The number of aromatic hydroxyl groups is 1. The molecular formula is C18H13NO2. The van der Waals surface area contributed by atoms with Crippen molar-refractivity contribution >= 4 is 39.0 Å². The fraction of sp³-hybridized carbons (Fsp3) is 0.0556. The summed E-state index contributed by atoms with van der Waals surface area (Å²) in [7, 11) is 1.74. The fourth-order valence-corrected chi connectivity index (χ4v) is 3.14. The molecule has 102 valence electrons. The molecule has 1 heterocycles. The van der Waals surface area contributed by atoms with Gasteiger partial charge in [-0.25, -0.2) is 0 Å². The van der Waals surface area contributed by atoms with Gasteiger partial charge in [0.05, 0.1) is 5.52 Å². The molecule has 0 aliphatic carbocycles. The summed E-state index contributed by atoms with van der Waals surface area (Å²) in [5.74, 6) is 0.229. The Morgan fingerprint density at radius 2 is 1.71 bits per heavy atom. The fourth-order valence-electron chi connectivity index (χ4n) is 3.14. The lowest BCUT2D eigenvalue weighted by atomic mass is 9.95. The smallest absolute Gasteiger partial charge is 0.251 e. The predicted molar refractivity (Wildman–Crippen MR) is 86.6 cm³/mol. The summed E-state index contributed by atoms with van der Waals surface area (Å²) in [6, 6.07) is 12.9. The average Bonchev–Trinajstić information content (AvgIpc) is 2.49. The van der Waals surface area contributed by atoms with Gasteiger partial charge in [-0.3, -0.25) is 4.79 Å². The van der Waals surface area contributed by atoms with Crippen molar-refractivity contribution in [2.24, 2.45) is 7.05 Å². The minimum absolute atomic E-state index is 0.0588. The molecule has 0 bridgehead atoms. The number of hydrogen-bond donors (Lipinski definition) is 1. The Kier molecular flexibility index (Phi) is 2.20. The van der Waals surface area contributed by atoms with Crippen LogP contribution in [0.2, 0.25) is 0 Å². The van der Waals surface area contributed by atoms with Crippen molar-refractivity contribution < 1.29 is 5.11 Å². The van der Waals surface area contributed by atoms with E-state index in [0.29, 0.717) is 0 Å². The highest BCUT2D eigenvalue weighted by atomic mass is 16.3. The normalized spacial score (nSPS) is 11.7. The summed E-state index contributed by atoms with van der Waals surface area (Å²) < 4.78 is 1.60. The van der Waals surface area contributed by atoms with Gasteiger partial charge >= 0.3 is 0 Å². The number of aromatic nitrogens is 1. The number of benzene rings is 3. The molecule has 3 nitrogen and oxygen atoms in total. The number of hydrogen-bond acceptors (Lipinski definition) is 2. The van der Waals surface area contributed by atoms with E-state index in [-0.39, 0.29) is 11.3 Å². The Balaban J connectivity index is 2.56. The number of aryl methyl sites for hydroxylation is 1. The summed E-state index contributed by atoms with van der Waals surface area (Å²) >= 11 is 0. The zero-order valence-corrected chi connectivity index (χ0v) is 11.6. The molecule has 0 atom stereocenters. The molecule has 0 aliphatic heterocycles. The maximum Gasteiger partial charge on any atom is 0.251 e. The Morgan fingerprint density at radius 1 is 1.00 bits per heavy atom. The van der Waals surface area contributed by atoms with Crippen LogP contribution in [0, 0.1) is 0 Å². The molecule has 0 saturated heterocycles. The molecule has 21 heavy (non-hydrogen) atoms. The van der Waals surface area contributed by atoms with Gasteiger partial charge in [-0.05, 0) is 22.1 Å². The van der Waals surface area contributed by atoms with Crippen molar-refractivity contribution in [1.82, 2.24) is 4.57 Å². The second kappa shape index (κ2) is 3.85. The van der Waals surface area contributed by atoms with Crippen molar-refractivity contribution in [3.05, 3.63) is 58.0 Å². The van der Waals surface area contributed by atoms with E-state index in [2.05, 4.69) is 6.58 Å². The lowest BCUT2D eigenvalue weighted by molar-refractivity contribution is 0.487. The second-order valence-corrected chi connectivity index (χ2v) is 5.34. The molecule has 3 heteroatoms. The average molecular weight is 275 g/mol. The molecule has 4 rings (SSSR count). The minimum Gasteiger partial charge on any atom is -0.507 e. The Morgan fingerprint density at radius 3 is 2.48 bits per heavy atom. The number of phenols is 1. The third-order valence-corrected chi connectivity index (χ3v) is 4.21. The van der Waals surface area contributed by atoms with Crippen LogP contribution in [0.15, 0.2) is 47.3 Å². The van der Waals surface area contributed by atoms with Crippen LogP contribution in [0.25, 0.3) is 39.0 Å². The first-order valence-corrected chi connectivity index (χ1v) is 6.74. The van der Waals surface area contributed by atoms with Crippen LogP contribution in [-0.2, 0) is 7.05 Å². The molecule has 0 aliphatic rings. The van der Waals surface area contributed by atoms with Gasteiger partial charge in [-0.1, -0.05) is 36.9 Å². The zero-order valence-electron chi connectivity index (χ0n) is 11.6. The van der Waals surface area contributed by atoms with E-state index in [1.807, 2.05) is 36.4 Å². The van der Waals surface area contributed by atoms with Gasteiger partial charge in [0.15, 0.2) is 0 Å². The highest BCUT2D eigenvalue weighted by Crippen LogP contribution is 2.37. The van der Waals surface area contributed by atoms with Crippen molar-refractivity contribution in [3.63, 3.8) is 0 Å². The maximum atomic E-state index is 12.2. The molecule has 0 amide bonds. The summed E-state index contributed by atoms with van der Waals surface area (Å²) in [5, 5.41) is 15.5. The molecule has 0 saturated carbocycles. The summed E-state index contributed by atoms with van der Waals surface area (Å²) in [6.45, 7) is 4.02. The van der Waals surface area contributed by atoms with Crippen LogP contribution in [0.3, 0.4) is 0 Å². The molecule has 4 aromatic rings. The molecule has 0 fully saturated rings. The molecule has 0 unspecified atom stereocenters. The van der Waals surface area contributed by atoms with Crippen LogP contribution in [0.5, 0.6) is 5.75 Å². The standard InChI is InChI=1S/C18H13NO2/c1-10-7-8-14-17-13(9-15(20)19(14)2)11-5-3-4-6-12(11)18(21)16(10)17/h3-9,21H,1H2,2H3.